The minimum atomic E-state index is -0.304. The summed E-state index contributed by atoms with van der Waals surface area (Å²) in [5.41, 5.74) is 2.11. The molecule has 3 heterocycles. The summed E-state index contributed by atoms with van der Waals surface area (Å²) in [5, 5.41) is 8.02. The van der Waals surface area contributed by atoms with Crippen LogP contribution in [-0.2, 0) is 0 Å². The van der Waals surface area contributed by atoms with E-state index in [4.69, 9.17) is 9.05 Å². The summed E-state index contributed by atoms with van der Waals surface area (Å²) in [6, 6.07) is 9.34. The Balaban J connectivity index is 1.63. The first-order chi connectivity index (χ1) is 13.1. The fourth-order valence-corrected chi connectivity index (χ4v) is 3.46. The minimum absolute atomic E-state index is 0.186. The largest absolute Gasteiger partial charge is 0.356 e. The summed E-state index contributed by atoms with van der Waals surface area (Å²) in [7, 11) is 0. The molecule has 4 rings (SSSR count). The highest BCUT2D eigenvalue weighted by Gasteiger charge is 2.31. The molecule has 7 heteroatoms. The van der Waals surface area contributed by atoms with Gasteiger partial charge in [0.25, 0.3) is 5.91 Å². The third-order valence-corrected chi connectivity index (χ3v) is 4.85. The van der Waals surface area contributed by atoms with Crippen LogP contribution in [0.3, 0.4) is 0 Å². The van der Waals surface area contributed by atoms with Crippen molar-refractivity contribution in [1.82, 2.24) is 15.2 Å². The van der Waals surface area contributed by atoms with Crippen LogP contribution in [0.15, 0.2) is 45.4 Å². The van der Waals surface area contributed by atoms with Crippen molar-refractivity contribution in [2.45, 2.75) is 38.6 Å². The van der Waals surface area contributed by atoms with Gasteiger partial charge in [0.1, 0.15) is 11.5 Å². The van der Waals surface area contributed by atoms with Gasteiger partial charge in [-0.05, 0) is 44.0 Å². The monoisotopic (exact) mass is 369 g/mol. The molecule has 1 saturated heterocycles. The third kappa shape index (κ3) is 3.63. The summed E-state index contributed by atoms with van der Waals surface area (Å²) in [6.07, 6.45) is 3.79. The maximum atomic E-state index is 13.1. The second-order valence-corrected chi connectivity index (χ2v) is 6.82. The number of amides is 1. The predicted molar refractivity (Wildman–Crippen MR) is 95.4 cm³/mol. The van der Waals surface area contributed by atoms with E-state index in [9.17, 15) is 9.18 Å². The number of halogens is 1. The van der Waals surface area contributed by atoms with E-state index in [0.29, 0.717) is 23.7 Å². The number of likely N-dealkylation sites (tertiary alicyclic amines) is 1. The van der Waals surface area contributed by atoms with Crippen LogP contribution in [0.4, 0.5) is 4.39 Å². The fourth-order valence-electron chi connectivity index (χ4n) is 3.46. The maximum absolute atomic E-state index is 13.1. The van der Waals surface area contributed by atoms with Gasteiger partial charge in [-0.1, -0.05) is 23.2 Å². The summed E-state index contributed by atoms with van der Waals surface area (Å²) in [4.78, 5) is 14.7. The summed E-state index contributed by atoms with van der Waals surface area (Å²) in [5.74, 6) is 0.300. The number of benzene rings is 1. The van der Waals surface area contributed by atoms with Crippen molar-refractivity contribution >= 4 is 5.91 Å². The first-order valence-corrected chi connectivity index (χ1v) is 9.08. The molecule has 0 bridgehead atoms. The Kier molecular flexibility index (Phi) is 4.75. The van der Waals surface area contributed by atoms with Crippen LogP contribution >= 0.6 is 0 Å². The number of aromatic nitrogens is 2. The molecule has 1 aromatic carbocycles. The van der Waals surface area contributed by atoms with Crippen molar-refractivity contribution in [3.05, 3.63) is 59.4 Å². The lowest BCUT2D eigenvalue weighted by Gasteiger charge is -2.27. The SMILES string of the molecule is Cc1cc(C(=O)N2CCCCC[C@H]2c2cc(-c3ccc(F)cc3)on2)on1. The van der Waals surface area contributed by atoms with Crippen molar-refractivity contribution in [1.29, 1.82) is 0 Å². The second-order valence-electron chi connectivity index (χ2n) is 6.82. The zero-order valence-corrected chi connectivity index (χ0v) is 15.0. The van der Waals surface area contributed by atoms with Gasteiger partial charge < -0.3 is 13.9 Å². The average Bonchev–Trinajstić information content (AvgIpc) is 3.25. The Morgan fingerprint density at radius 3 is 2.67 bits per heavy atom. The van der Waals surface area contributed by atoms with Gasteiger partial charge in [-0.25, -0.2) is 4.39 Å². The van der Waals surface area contributed by atoms with Gasteiger partial charge in [0.15, 0.2) is 5.76 Å². The van der Waals surface area contributed by atoms with Crippen LogP contribution in [0.5, 0.6) is 0 Å². The Morgan fingerprint density at radius 2 is 1.93 bits per heavy atom. The lowest BCUT2D eigenvalue weighted by Crippen LogP contribution is -2.34. The molecule has 140 valence electrons. The third-order valence-electron chi connectivity index (χ3n) is 4.85. The van der Waals surface area contributed by atoms with E-state index < -0.39 is 0 Å². The summed E-state index contributed by atoms with van der Waals surface area (Å²) < 4.78 is 23.8. The molecule has 0 aliphatic carbocycles. The van der Waals surface area contributed by atoms with Crippen LogP contribution < -0.4 is 0 Å². The van der Waals surface area contributed by atoms with Crippen molar-refractivity contribution in [2.75, 3.05) is 6.54 Å². The first kappa shape index (κ1) is 17.5. The van der Waals surface area contributed by atoms with Crippen molar-refractivity contribution in [3.8, 4) is 11.3 Å². The van der Waals surface area contributed by atoms with E-state index in [2.05, 4.69) is 10.3 Å². The molecule has 0 spiro atoms. The molecule has 1 aliphatic rings. The molecule has 0 radical (unpaired) electrons. The van der Waals surface area contributed by atoms with Gasteiger partial charge in [-0.3, -0.25) is 4.79 Å². The molecule has 1 fully saturated rings. The minimum Gasteiger partial charge on any atom is -0.356 e. The zero-order valence-electron chi connectivity index (χ0n) is 15.0. The van der Waals surface area contributed by atoms with E-state index in [0.717, 1.165) is 31.2 Å². The van der Waals surface area contributed by atoms with E-state index in [1.54, 1.807) is 30.0 Å². The molecule has 1 atom stereocenters. The second kappa shape index (κ2) is 7.34. The van der Waals surface area contributed by atoms with Gasteiger partial charge in [0.05, 0.1) is 11.7 Å². The zero-order chi connectivity index (χ0) is 18.8. The Bertz CT molecular complexity index is 932. The first-order valence-electron chi connectivity index (χ1n) is 9.08. The highest BCUT2D eigenvalue weighted by atomic mass is 19.1. The lowest BCUT2D eigenvalue weighted by atomic mass is 10.0. The van der Waals surface area contributed by atoms with E-state index in [-0.39, 0.29) is 23.5 Å². The van der Waals surface area contributed by atoms with E-state index >= 15 is 0 Å². The molecule has 0 unspecified atom stereocenters. The summed E-state index contributed by atoms with van der Waals surface area (Å²) >= 11 is 0. The molecule has 2 aromatic heterocycles. The average molecular weight is 369 g/mol. The molecule has 0 N–H and O–H groups in total. The molecular formula is C20H20FN3O3. The van der Waals surface area contributed by atoms with Crippen LogP contribution in [0.1, 0.15) is 53.7 Å². The topological polar surface area (TPSA) is 72.4 Å². The van der Waals surface area contributed by atoms with Crippen LogP contribution in [0.25, 0.3) is 11.3 Å². The van der Waals surface area contributed by atoms with Crippen molar-refractivity contribution in [2.24, 2.45) is 0 Å². The molecule has 1 aliphatic heterocycles. The molecular weight excluding hydrogens is 349 g/mol. The number of nitrogens with zero attached hydrogens (tertiary/aromatic N) is 3. The van der Waals surface area contributed by atoms with Gasteiger partial charge in [-0.15, -0.1) is 0 Å². The van der Waals surface area contributed by atoms with Crippen molar-refractivity contribution < 1.29 is 18.2 Å². The van der Waals surface area contributed by atoms with Crippen molar-refractivity contribution in [3.63, 3.8) is 0 Å². The lowest BCUT2D eigenvalue weighted by molar-refractivity contribution is 0.0631. The number of hydrogen-bond donors (Lipinski definition) is 0. The molecule has 6 nitrogen and oxygen atoms in total. The maximum Gasteiger partial charge on any atom is 0.293 e. The van der Waals surface area contributed by atoms with Gasteiger partial charge in [-0.2, -0.15) is 0 Å². The number of aryl methyl sites for hydroxylation is 1. The molecule has 3 aromatic rings. The highest BCUT2D eigenvalue weighted by molar-refractivity contribution is 5.91. The number of carbonyl (C=O) groups is 1. The number of rotatable bonds is 3. The normalized spacial score (nSPS) is 17.7. The van der Waals surface area contributed by atoms with Crippen LogP contribution in [-0.4, -0.2) is 27.7 Å². The Labute approximate surface area is 155 Å². The predicted octanol–water partition coefficient (Wildman–Crippen LogP) is 4.53. The standard InChI is InChI=1S/C20H20FN3O3/c1-13-11-19(27-22-13)20(25)24-10-4-2-3-5-17(24)16-12-18(26-23-16)14-6-8-15(21)9-7-14/h6-9,11-12,17H,2-5,10H2,1H3/t17-/m0/s1. The van der Waals surface area contributed by atoms with Crippen LogP contribution in [0.2, 0.25) is 0 Å². The Morgan fingerprint density at radius 1 is 1.11 bits per heavy atom. The van der Waals surface area contributed by atoms with Gasteiger partial charge in [0.2, 0.25) is 5.76 Å². The molecule has 1 amide bonds. The van der Waals surface area contributed by atoms with Gasteiger partial charge >= 0.3 is 0 Å². The van der Waals surface area contributed by atoms with E-state index in [1.165, 1.54) is 12.1 Å². The van der Waals surface area contributed by atoms with E-state index in [1.807, 2.05) is 6.07 Å². The highest BCUT2D eigenvalue weighted by Crippen LogP contribution is 2.33. The Hall–Kier alpha value is -2.96. The molecule has 27 heavy (non-hydrogen) atoms. The quantitative estimate of drug-likeness (QED) is 0.678. The smallest absolute Gasteiger partial charge is 0.293 e. The van der Waals surface area contributed by atoms with Gasteiger partial charge in [0, 0.05) is 24.2 Å². The summed E-state index contributed by atoms with van der Waals surface area (Å²) in [6.45, 7) is 2.41. The molecule has 0 saturated carbocycles. The number of carbonyl (C=O) groups excluding carboxylic acids is 1. The number of hydrogen-bond acceptors (Lipinski definition) is 5. The van der Waals surface area contributed by atoms with Crippen LogP contribution in [0, 0.1) is 12.7 Å². The fraction of sp³-hybridized carbons (Fsp3) is 0.350.